The molecule has 3 N–H and O–H groups in total. The van der Waals surface area contributed by atoms with Gasteiger partial charge in [-0.15, -0.1) is 0 Å². The molecule has 0 aliphatic carbocycles. The van der Waals surface area contributed by atoms with Gasteiger partial charge in [0, 0.05) is 0 Å². The molecule has 0 bridgehead atoms. The smallest absolute Gasteiger partial charge is 0.0624 e. The number of aliphatic hydroxyl groups excluding tert-OH is 1. The first-order valence-corrected chi connectivity index (χ1v) is 7.01. The summed E-state index contributed by atoms with van der Waals surface area (Å²) in [6, 6.07) is 8.07. The fourth-order valence-electron chi connectivity index (χ4n) is 2.33. The molecule has 1 heterocycles. The molecule has 0 radical (unpaired) electrons. The van der Waals surface area contributed by atoms with Gasteiger partial charge in [0.2, 0.25) is 0 Å². The van der Waals surface area contributed by atoms with Gasteiger partial charge in [-0.25, -0.2) is 0 Å². The van der Waals surface area contributed by atoms with Crippen molar-refractivity contribution < 1.29 is 5.11 Å². The zero-order valence-electron chi connectivity index (χ0n) is 9.43. The molecular weight excluding hydrogens is 218 g/mol. The average Bonchev–Trinajstić information content (AvgIpc) is 2.39. The molecule has 0 amide bonds. The highest BCUT2D eigenvalue weighted by Crippen LogP contribution is 2.34. The van der Waals surface area contributed by atoms with Crippen LogP contribution in [0.5, 0.6) is 0 Å². The standard InChI is InChI=1S/C13H19NOS/c14-13(9-15)12-4-2-1-3-11(12)10-5-7-16-8-6-10/h1-4,10,13,15H,5-9,14H2. The van der Waals surface area contributed by atoms with Crippen molar-refractivity contribution in [2.45, 2.75) is 24.8 Å². The SMILES string of the molecule is NC(CO)c1ccccc1C1CCSCC1. The minimum Gasteiger partial charge on any atom is -0.394 e. The lowest BCUT2D eigenvalue weighted by atomic mass is 9.87. The first-order valence-electron chi connectivity index (χ1n) is 5.86. The van der Waals surface area contributed by atoms with E-state index in [1.54, 1.807) is 0 Å². The fourth-order valence-corrected chi connectivity index (χ4v) is 3.43. The van der Waals surface area contributed by atoms with Crippen LogP contribution in [0.4, 0.5) is 0 Å². The van der Waals surface area contributed by atoms with E-state index in [9.17, 15) is 5.11 Å². The second-order valence-electron chi connectivity index (χ2n) is 4.30. The lowest BCUT2D eigenvalue weighted by Crippen LogP contribution is -2.19. The first kappa shape index (κ1) is 12.0. The quantitative estimate of drug-likeness (QED) is 0.848. The fraction of sp³-hybridized carbons (Fsp3) is 0.538. The van der Waals surface area contributed by atoms with Gasteiger partial charge in [-0.3, -0.25) is 0 Å². The molecule has 88 valence electrons. The van der Waals surface area contributed by atoms with Crippen molar-refractivity contribution in [3.05, 3.63) is 35.4 Å². The number of aliphatic hydroxyl groups is 1. The molecule has 1 unspecified atom stereocenters. The van der Waals surface area contributed by atoms with Crippen molar-refractivity contribution in [2.24, 2.45) is 5.73 Å². The molecule has 0 spiro atoms. The van der Waals surface area contributed by atoms with E-state index in [0.717, 1.165) is 5.56 Å². The van der Waals surface area contributed by atoms with Crippen LogP contribution in [0.2, 0.25) is 0 Å². The number of nitrogens with two attached hydrogens (primary N) is 1. The van der Waals surface area contributed by atoms with Crippen LogP contribution >= 0.6 is 11.8 Å². The number of benzene rings is 1. The number of hydrogen-bond donors (Lipinski definition) is 2. The van der Waals surface area contributed by atoms with Crippen LogP contribution in [0, 0.1) is 0 Å². The molecule has 1 aliphatic heterocycles. The van der Waals surface area contributed by atoms with Gasteiger partial charge in [0.1, 0.15) is 0 Å². The number of thioether (sulfide) groups is 1. The predicted molar refractivity (Wildman–Crippen MR) is 69.8 cm³/mol. The summed E-state index contributed by atoms with van der Waals surface area (Å²) in [6.07, 6.45) is 2.47. The van der Waals surface area contributed by atoms with Crippen molar-refractivity contribution in [2.75, 3.05) is 18.1 Å². The molecule has 1 atom stereocenters. The van der Waals surface area contributed by atoms with Gasteiger partial charge >= 0.3 is 0 Å². The molecule has 1 saturated heterocycles. The Hall–Kier alpha value is -0.510. The second kappa shape index (κ2) is 5.71. The third-order valence-electron chi connectivity index (χ3n) is 3.25. The van der Waals surface area contributed by atoms with Gasteiger partial charge in [0.05, 0.1) is 12.6 Å². The molecule has 3 heteroatoms. The molecular formula is C13H19NOS. The highest BCUT2D eigenvalue weighted by Gasteiger charge is 2.20. The van der Waals surface area contributed by atoms with Crippen LogP contribution in [0.3, 0.4) is 0 Å². The molecule has 1 aromatic carbocycles. The molecule has 1 fully saturated rings. The summed E-state index contributed by atoms with van der Waals surface area (Å²) < 4.78 is 0. The van der Waals surface area contributed by atoms with E-state index < -0.39 is 0 Å². The molecule has 1 aliphatic rings. The summed E-state index contributed by atoms with van der Waals surface area (Å²) in [7, 11) is 0. The van der Waals surface area contributed by atoms with E-state index >= 15 is 0 Å². The van der Waals surface area contributed by atoms with Crippen molar-refractivity contribution in [3.8, 4) is 0 Å². The van der Waals surface area contributed by atoms with Crippen LogP contribution < -0.4 is 5.73 Å². The molecule has 16 heavy (non-hydrogen) atoms. The van der Waals surface area contributed by atoms with Crippen LogP contribution in [0.25, 0.3) is 0 Å². The minimum atomic E-state index is -0.231. The zero-order valence-corrected chi connectivity index (χ0v) is 10.2. The van der Waals surface area contributed by atoms with E-state index in [1.807, 2.05) is 17.8 Å². The normalized spacial score (nSPS) is 19.6. The maximum atomic E-state index is 9.18. The Morgan fingerprint density at radius 1 is 1.31 bits per heavy atom. The number of rotatable bonds is 3. The summed E-state index contributed by atoms with van der Waals surface area (Å²) in [5.41, 5.74) is 8.42. The van der Waals surface area contributed by atoms with Gasteiger partial charge in [0.25, 0.3) is 0 Å². The second-order valence-corrected chi connectivity index (χ2v) is 5.53. The van der Waals surface area contributed by atoms with Crippen LogP contribution in [0.1, 0.15) is 35.9 Å². The molecule has 0 aromatic heterocycles. The average molecular weight is 237 g/mol. The van der Waals surface area contributed by atoms with E-state index in [2.05, 4.69) is 18.2 Å². The summed E-state index contributed by atoms with van der Waals surface area (Å²) >= 11 is 2.03. The van der Waals surface area contributed by atoms with E-state index in [4.69, 9.17) is 5.73 Å². The Balaban J connectivity index is 2.24. The van der Waals surface area contributed by atoms with Gasteiger partial charge in [0.15, 0.2) is 0 Å². The van der Waals surface area contributed by atoms with Crippen molar-refractivity contribution >= 4 is 11.8 Å². The topological polar surface area (TPSA) is 46.2 Å². The van der Waals surface area contributed by atoms with E-state index in [0.29, 0.717) is 5.92 Å². The lowest BCUT2D eigenvalue weighted by molar-refractivity contribution is 0.267. The Bertz CT molecular complexity index is 336. The van der Waals surface area contributed by atoms with Gasteiger partial charge in [-0.2, -0.15) is 11.8 Å². The van der Waals surface area contributed by atoms with Crippen LogP contribution in [-0.4, -0.2) is 23.2 Å². The third kappa shape index (κ3) is 2.59. The van der Waals surface area contributed by atoms with Gasteiger partial charge in [-0.1, -0.05) is 24.3 Å². The van der Waals surface area contributed by atoms with Gasteiger partial charge in [-0.05, 0) is 41.4 Å². The summed E-state index contributed by atoms with van der Waals surface area (Å²) in [4.78, 5) is 0. The van der Waals surface area contributed by atoms with Crippen molar-refractivity contribution in [3.63, 3.8) is 0 Å². The Labute approximate surface area is 101 Å². The van der Waals surface area contributed by atoms with Crippen molar-refractivity contribution in [1.29, 1.82) is 0 Å². The van der Waals surface area contributed by atoms with Gasteiger partial charge < -0.3 is 10.8 Å². The largest absolute Gasteiger partial charge is 0.394 e. The summed E-state index contributed by atoms with van der Waals surface area (Å²) in [5.74, 6) is 3.12. The molecule has 0 saturated carbocycles. The maximum absolute atomic E-state index is 9.18. The first-order chi connectivity index (χ1) is 7.83. The van der Waals surface area contributed by atoms with E-state index in [1.165, 1.54) is 29.9 Å². The zero-order chi connectivity index (χ0) is 11.4. The monoisotopic (exact) mass is 237 g/mol. The molecule has 1 aromatic rings. The minimum absolute atomic E-state index is 0.0263. The van der Waals surface area contributed by atoms with Crippen LogP contribution in [-0.2, 0) is 0 Å². The van der Waals surface area contributed by atoms with Crippen molar-refractivity contribution in [1.82, 2.24) is 0 Å². The summed E-state index contributed by atoms with van der Waals surface area (Å²) in [6.45, 7) is 0.0263. The molecule has 2 rings (SSSR count). The predicted octanol–water partition coefficient (Wildman–Crippen LogP) is 2.29. The Morgan fingerprint density at radius 3 is 2.69 bits per heavy atom. The number of hydrogen-bond acceptors (Lipinski definition) is 3. The molecule has 2 nitrogen and oxygen atoms in total. The van der Waals surface area contributed by atoms with Crippen LogP contribution in [0.15, 0.2) is 24.3 Å². The summed E-state index contributed by atoms with van der Waals surface area (Å²) in [5, 5.41) is 9.18. The third-order valence-corrected chi connectivity index (χ3v) is 4.30. The highest BCUT2D eigenvalue weighted by atomic mass is 32.2. The Kier molecular flexibility index (Phi) is 4.27. The van der Waals surface area contributed by atoms with E-state index in [-0.39, 0.29) is 12.6 Å². The lowest BCUT2D eigenvalue weighted by Gasteiger charge is -2.25. The Morgan fingerprint density at radius 2 is 2.00 bits per heavy atom. The highest BCUT2D eigenvalue weighted by molar-refractivity contribution is 7.99. The maximum Gasteiger partial charge on any atom is 0.0624 e.